The van der Waals surface area contributed by atoms with Crippen molar-refractivity contribution in [3.8, 4) is 0 Å². The highest BCUT2D eigenvalue weighted by Gasteiger charge is 2.29. The lowest BCUT2D eigenvalue weighted by molar-refractivity contribution is -0.114. The molecule has 2 heterocycles. The van der Waals surface area contributed by atoms with Crippen LogP contribution in [0.15, 0.2) is 82.6 Å². The standard InChI is InChI=1S/C33H36N2O2S/c1-25-10-8-11-27(22-25)24-35-29-12-4-5-14-31(29)38-32(33(35)37)23-26-15-17-28(18-16-26)30(36)13-9-21-34-19-6-2-3-7-20-34/h4-5,8,10-12,14-18,22-23H,2-3,6-7,9,13,19-21,24H2,1H3/b32-23-. The molecule has 0 N–H and O–H groups in total. The molecule has 2 aliphatic rings. The van der Waals surface area contributed by atoms with Crippen LogP contribution in [0, 0.1) is 6.92 Å². The van der Waals surface area contributed by atoms with Crippen LogP contribution in [0.3, 0.4) is 0 Å². The molecular weight excluding hydrogens is 488 g/mol. The van der Waals surface area contributed by atoms with Crippen LogP contribution in [-0.4, -0.2) is 36.2 Å². The first-order valence-corrected chi connectivity index (χ1v) is 14.6. The molecule has 1 amide bonds. The summed E-state index contributed by atoms with van der Waals surface area (Å²) in [5, 5.41) is 0. The van der Waals surface area contributed by atoms with Gasteiger partial charge in [-0.05, 0) is 75.2 Å². The van der Waals surface area contributed by atoms with Gasteiger partial charge < -0.3 is 9.80 Å². The topological polar surface area (TPSA) is 40.6 Å². The number of anilines is 1. The van der Waals surface area contributed by atoms with E-state index < -0.39 is 0 Å². The highest BCUT2D eigenvalue weighted by Crippen LogP contribution is 2.42. The molecule has 0 spiro atoms. The number of para-hydroxylation sites is 1. The van der Waals surface area contributed by atoms with Crippen molar-refractivity contribution in [1.29, 1.82) is 0 Å². The van der Waals surface area contributed by atoms with Gasteiger partial charge in [-0.1, -0.05) is 90.8 Å². The largest absolute Gasteiger partial charge is 0.303 e. The molecule has 0 unspecified atom stereocenters. The number of aryl methyl sites for hydroxylation is 1. The van der Waals surface area contributed by atoms with Crippen molar-refractivity contribution in [2.24, 2.45) is 0 Å². The number of nitrogens with zero attached hydrogens (tertiary/aromatic N) is 2. The van der Waals surface area contributed by atoms with Crippen molar-refractivity contribution < 1.29 is 9.59 Å². The Bertz CT molecular complexity index is 1310. The predicted molar refractivity (Wildman–Crippen MR) is 158 cm³/mol. The minimum atomic E-state index is 0.00358. The van der Waals surface area contributed by atoms with Gasteiger partial charge in [-0.25, -0.2) is 0 Å². The van der Waals surface area contributed by atoms with E-state index in [9.17, 15) is 9.59 Å². The van der Waals surface area contributed by atoms with E-state index in [1.165, 1.54) is 56.1 Å². The fraction of sp³-hybridized carbons (Fsp3) is 0.333. The van der Waals surface area contributed by atoms with E-state index in [-0.39, 0.29) is 11.7 Å². The number of fused-ring (bicyclic) bond motifs is 1. The van der Waals surface area contributed by atoms with E-state index in [1.54, 1.807) is 0 Å². The van der Waals surface area contributed by atoms with Gasteiger partial charge in [0.15, 0.2) is 5.78 Å². The number of ketones is 1. The monoisotopic (exact) mass is 524 g/mol. The second-order valence-corrected chi connectivity index (χ2v) is 11.4. The predicted octanol–water partition coefficient (Wildman–Crippen LogP) is 7.51. The first-order chi connectivity index (χ1) is 18.6. The maximum atomic E-state index is 13.6. The van der Waals surface area contributed by atoms with E-state index in [1.807, 2.05) is 59.5 Å². The molecule has 3 aromatic carbocycles. The van der Waals surface area contributed by atoms with Crippen molar-refractivity contribution in [3.05, 3.63) is 100.0 Å². The molecule has 5 rings (SSSR count). The van der Waals surface area contributed by atoms with E-state index in [0.29, 0.717) is 17.9 Å². The molecule has 3 aromatic rings. The molecule has 0 saturated carbocycles. The molecule has 1 fully saturated rings. The summed E-state index contributed by atoms with van der Waals surface area (Å²) in [5.74, 6) is 0.198. The quantitative estimate of drug-likeness (QED) is 0.226. The smallest absolute Gasteiger partial charge is 0.265 e. The van der Waals surface area contributed by atoms with Gasteiger partial charge >= 0.3 is 0 Å². The first-order valence-electron chi connectivity index (χ1n) is 13.8. The van der Waals surface area contributed by atoms with E-state index in [4.69, 9.17) is 0 Å². The first kappa shape index (κ1) is 26.5. The Morgan fingerprint density at radius 2 is 1.68 bits per heavy atom. The Balaban J connectivity index is 1.26. The Labute approximate surface area is 230 Å². The average molecular weight is 525 g/mol. The molecule has 5 heteroatoms. The fourth-order valence-corrected chi connectivity index (χ4v) is 6.36. The molecule has 0 aromatic heterocycles. The summed E-state index contributed by atoms with van der Waals surface area (Å²) >= 11 is 1.51. The van der Waals surface area contributed by atoms with Crippen LogP contribution in [-0.2, 0) is 11.3 Å². The maximum absolute atomic E-state index is 13.6. The van der Waals surface area contributed by atoms with Gasteiger partial charge in [0.25, 0.3) is 5.91 Å². The number of rotatable bonds is 8. The van der Waals surface area contributed by atoms with Crippen LogP contribution in [0.25, 0.3) is 6.08 Å². The highest BCUT2D eigenvalue weighted by molar-refractivity contribution is 8.04. The molecule has 1 saturated heterocycles. The Kier molecular flexibility index (Phi) is 8.77. The maximum Gasteiger partial charge on any atom is 0.265 e. The molecule has 0 radical (unpaired) electrons. The lowest BCUT2D eigenvalue weighted by Crippen LogP contribution is -2.33. The number of carbonyl (C=O) groups is 2. The molecule has 0 aliphatic carbocycles. The van der Waals surface area contributed by atoms with Gasteiger partial charge in [0.2, 0.25) is 0 Å². The molecule has 38 heavy (non-hydrogen) atoms. The molecule has 2 aliphatic heterocycles. The van der Waals surface area contributed by atoms with Crippen molar-refractivity contribution in [2.45, 2.75) is 56.9 Å². The molecule has 196 valence electrons. The van der Waals surface area contributed by atoms with Crippen molar-refractivity contribution >= 4 is 35.2 Å². The zero-order valence-corrected chi connectivity index (χ0v) is 23.0. The molecule has 0 atom stereocenters. The number of likely N-dealkylation sites (tertiary alicyclic amines) is 1. The minimum Gasteiger partial charge on any atom is -0.303 e. The molecule has 0 bridgehead atoms. The van der Waals surface area contributed by atoms with Gasteiger partial charge in [-0.15, -0.1) is 0 Å². The van der Waals surface area contributed by atoms with Crippen LogP contribution in [0.4, 0.5) is 5.69 Å². The third-order valence-corrected chi connectivity index (χ3v) is 8.44. The van der Waals surface area contributed by atoms with Crippen LogP contribution >= 0.6 is 11.8 Å². The second-order valence-electron chi connectivity index (χ2n) is 10.4. The van der Waals surface area contributed by atoms with E-state index in [2.05, 4.69) is 36.1 Å². The van der Waals surface area contributed by atoms with Gasteiger partial charge in [-0.2, -0.15) is 0 Å². The number of hydrogen-bond donors (Lipinski definition) is 0. The third-order valence-electron chi connectivity index (χ3n) is 7.36. The summed E-state index contributed by atoms with van der Waals surface area (Å²) in [5.41, 5.74) is 4.91. The lowest BCUT2D eigenvalue weighted by Gasteiger charge is -2.30. The summed E-state index contributed by atoms with van der Waals surface area (Å²) in [4.78, 5) is 32.5. The molecular formula is C33H36N2O2S. The normalized spacial score (nSPS) is 17.3. The van der Waals surface area contributed by atoms with E-state index >= 15 is 0 Å². The van der Waals surface area contributed by atoms with Crippen LogP contribution in [0.5, 0.6) is 0 Å². The summed E-state index contributed by atoms with van der Waals surface area (Å²) < 4.78 is 0. The fourth-order valence-electron chi connectivity index (χ4n) is 5.30. The van der Waals surface area contributed by atoms with Gasteiger partial charge in [0, 0.05) is 16.9 Å². The minimum absolute atomic E-state index is 0.00358. The third kappa shape index (κ3) is 6.64. The molecule has 4 nitrogen and oxygen atoms in total. The Morgan fingerprint density at radius 3 is 2.45 bits per heavy atom. The van der Waals surface area contributed by atoms with Crippen molar-refractivity contribution in [2.75, 3.05) is 24.5 Å². The Hall–Kier alpha value is -3.15. The van der Waals surface area contributed by atoms with Crippen LogP contribution in [0.1, 0.15) is 65.6 Å². The number of benzene rings is 3. The van der Waals surface area contributed by atoms with Gasteiger partial charge in [0.05, 0.1) is 17.1 Å². The number of amides is 1. The number of thioether (sulfide) groups is 1. The van der Waals surface area contributed by atoms with Gasteiger partial charge in [0.1, 0.15) is 0 Å². The van der Waals surface area contributed by atoms with Crippen LogP contribution < -0.4 is 4.90 Å². The average Bonchev–Trinajstić information content (AvgIpc) is 3.20. The number of Topliss-reactive ketones (excluding diaryl/α,β-unsaturated/α-hetero) is 1. The Morgan fingerprint density at radius 1 is 0.921 bits per heavy atom. The zero-order valence-electron chi connectivity index (χ0n) is 22.2. The van der Waals surface area contributed by atoms with Crippen molar-refractivity contribution in [3.63, 3.8) is 0 Å². The number of carbonyl (C=O) groups excluding carboxylic acids is 2. The summed E-state index contributed by atoms with van der Waals surface area (Å²) in [6.07, 6.45) is 8.66. The summed E-state index contributed by atoms with van der Waals surface area (Å²) in [6, 6.07) is 24.1. The SMILES string of the molecule is Cc1cccc(CN2C(=O)/C(=C/c3ccc(C(=O)CCCN4CCCCCC4)cc3)Sc3ccccc32)c1. The summed E-state index contributed by atoms with van der Waals surface area (Å²) in [7, 11) is 0. The lowest BCUT2D eigenvalue weighted by atomic mass is 10.0. The van der Waals surface area contributed by atoms with Gasteiger partial charge in [-0.3, -0.25) is 9.59 Å². The highest BCUT2D eigenvalue weighted by atomic mass is 32.2. The van der Waals surface area contributed by atoms with Crippen LogP contribution in [0.2, 0.25) is 0 Å². The van der Waals surface area contributed by atoms with E-state index in [0.717, 1.165) is 40.2 Å². The second kappa shape index (κ2) is 12.6. The van der Waals surface area contributed by atoms with Crippen molar-refractivity contribution in [1.82, 2.24) is 4.90 Å². The number of hydrogen-bond acceptors (Lipinski definition) is 4. The summed E-state index contributed by atoms with van der Waals surface area (Å²) in [6.45, 7) is 5.94. The zero-order chi connectivity index (χ0) is 26.3.